The number of aromatic nitrogens is 1. The van der Waals surface area contributed by atoms with E-state index in [0.29, 0.717) is 29.3 Å². The van der Waals surface area contributed by atoms with Crippen molar-refractivity contribution in [2.75, 3.05) is 18.4 Å². The van der Waals surface area contributed by atoms with E-state index in [9.17, 15) is 13.2 Å². The maximum atomic E-state index is 12.8. The molecule has 2 heterocycles. The Balaban J connectivity index is 1.87. The lowest BCUT2D eigenvalue weighted by atomic mass is 10.3. The molecule has 1 aromatic heterocycles. The number of halogens is 1. The van der Waals surface area contributed by atoms with Crippen LogP contribution in [0, 0.1) is 6.92 Å². The van der Waals surface area contributed by atoms with Crippen LogP contribution in [0.2, 0.25) is 5.02 Å². The summed E-state index contributed by atoms with van der Waals surface area (Å²) in [7, 11) is -3.66. The molecular weight excluding hydrogens is 394 g/mol. The summed E-state index contributed by atoms with van der Waals surface area (Å²) in [5, 5.41) is 3.80. The van der Waals surface area contributed by atoms with Gasteiger partial charge < -0.3 is 5.32 Å². The molecule has 6 nitrogen and oxygen atoms in total. The lowest BCUT2D eigenvalue weighted by molar-refractivity contribution is 0.102. The Morgan fingerprint density at radius 2 is 2.04 bits per heavy atom. The van der Waals surface area contributed by atoms with Gasteiger partial charge in [-0.15, -0.1) is 11.3 Å². The first-order valence-electron chi connectivity index (χ1n) is 8.40. The van der Waals surface area contributed by atoms with Gasteiger partial charge in [-0.1, -0.05) is 18.5 Å². The molecular formula is C17H20ClN3O3S2. The first-order valence-corrected chi connectivity index (χ1v) is 11.0. The quantitative estimate of drug-likeness (QED) is 0.810. The minimum Gasteiger partial charge on any atom is -0.321 e. The average Bonchev–Trinajstić information content (AvgIpc) is 3.26. The van der Waals surface area contributed by atoms with Crippen molar-refractivity contribution in [1.29, 1.82) is 0 Å². The predicted molar refractivity (Wildman–Crippen MR) is 104 cm³/mol. The van der Waals surface area contributed by atoms with Gasteiger partial charge in [-0.25, -0.2) is 13.4 Å². The normalized spacial score (nSPS) is 15.3. The van der Waals surface area contributed by atoms with Gasteiger partial charge in [0.05, 0.1) is 15.7 Å². The molecule has 1 fully saturated rings. The number of carbonyl (C=O) groups is 1. The van der Waals surface area contributed by atoms with E-state index < -0.39 is 10.0 Å². The van der Waals surface area contributed by atoms with Crippen LogP contribution >= 0.6 is 22.9 Å². The highest BCUT2D eigenvalue weighted by atomic mass is 35.5. The van der Waals surface area contributed by atoms with Gasteiger partial charge in [0, 0.05) is 18.8 Å². The Morgan fingerprint density at radius 1 is 1.35 bits per heavy atom. The lowest BCUT2D eigenvalue weighted by Gasteiger charge is -2.17. The first kappa shape index (κ1) is 19.3. The van der Waals surface area contributed by atoms with Crippen LogP contribution in [0.1, 0.15) is 40.1 Å². The van der Waals surface area contributed by atoms with E-state index in [1.54, 1.807) is 13.0 Å². The molecule has 1 aliphatic heterocycles. The first-order chi connectivity index (χ1) is 12.3. The van der Waals surface area contributed by atoms with Crippen molar-refractivity contribution in [3.05, 3.63) is 38.8 Å². The van der Waals surface area contributed by atoms with Crippen LogP contribution in [0.5, 0.6) is 0 Å². The zero-order chi connectivity index (χ0) is 18.9. The van der Waals surface area contributed by atoms with Crippen molar-refractivity contribution >= 4 is 44.6 Å². The van der Waals surface area contributed by atoms with Crippen LogP contribution in [-0.4, -0.2) is 36.7 Å². The van der Waals surface area contributed by atoms with Crippen molar-refractivity contribution < 1.29 is 13.2 Å². The number of aryl methyl sites for hydroxylation is 2. The molecule has 1 N–H and O–H groups in total. The SMILES string of the molecule is CCc1nc(C)c(C(=O)Nc2ccc(Cl)c(S(=O)(=O)N3CCCC3)c2)s1. The Hall–Kier alpha value is -1.48. The minimum atomic E-state index is -3.66. The van der Waals surface area contributed by atoms with E-state index in [2.05, 4.69) is 10.3 Å². The van der Waals surface area contributed by atoms with Gasteiger partial charge in [0.2, 0.25) is 10.0 Å². The van der Waals surface area contributed by atoms with E-state index >= 15 is 0 Å². The number of nitrogens with zero attached hydrogens (tertiary/aromatic N) is 2. The predicted octanol–water partition coefficient (Wildman–Crippen LogP) is 3.70. The van der Waals surface area contributed by atoms with Crippen molar-refractivity contribution in [3.8, 4) is 0 Å². The second-order valence-corrected chi connectivity index (χ2v) is 9.48. The summed E-state index contributed by atoms with van der Waals surface area (Å²) in [5.41, 5.74) is 1.06. The highest BCUT2D eigenvalue weighted by Gasteiger charge is 2.29. The number of anilines is 1. The van der Waals surface area contributed by atoms with Crippen LogP contribution in [0.25, 0.3) is 0 Å². The fraction of sp³-hybridized carbons (Fsp3) is 0.412. The van der Waals surface area contributed by atoms with Gasteiger partial charge in [0.25, 0.3) is 5.91 Å². The smallest absolute Gasteiger partial charge is 0.267 e. The van der Waals surface area contributed by atoms with E-state index in [0.717, 1.165) is 24.3 Å². The summed E-state index contributed by atoms with van der Waals surface area (Å²) in [6.07, 6.45) is 2.45. The Bertz CT molecular complexity index is 935. The number of thiazole rings is 1. The lowest BCUT2D eigenvalue weighted by Crippen LogP contribution is -2.28. The second kappa shape index (κ2) is 7.64. The monoisotopic (exact) mass is 413 g/mol. The molecule has 1 aliphatic rings. The second-order valence-electron chi connectivity index (χ2n) is 6.09. The largest absolute Gasteiger partial charge is 0.321 e. The van der Waals surface area contributed by atoms with Crippen LogP contribution in [0.15, 0.2) is 23.1 Å². The summed E-state index contributed by atoms with van der Waals surface area (Å²) in [6.45, 7) is 4.76. The molecule has 0 aliphatic carbocycles. The molecule has 0 saturated carbocycles. The maximum absolute atomic E-state index is 12.8. The van der Waals surface area contributed by atoms with Gasteiger partial charge in [0.1, 0.15) is 9.77 Å². The van der Waals surface area contributed by atoms with Crippen LogP contribution in [0.3, 0.4) is 0 Å². The summed E-state index contributed by atoms with van der Waals surface area (Å²) >= 11 is 7.48. The van der Waals surface area contributed by atoms with Crippen LogP contribution in [-0.2, 0) is 16.4 Å². The van der Waals surface area contributed by atoms with E-state index in [4.69, 9.17) is 11.6 Å². The summed E-state index contributed by atoms with van der Waals surface area (Å²) < 4.78 is 27.0. The van der Waals surface area contributed by atoms with Crippen LogP contribution in [0.4, 0.5) is 5.69 Å². The van der Waals surface area contributed by atoms with Crippen molar-refractivity contribution in [1.82, 2.24) is 9.29 Å². The maximum Gasteiger partial charge on any atom is 0.267 e. The number of hydrogen-bond acceptors (Lipinski definition) is 5. The number of benzene rings is 1. The van der Waals surface area contributed by atoms with Gasteiger partial charge in [-0.2, -0.15) is 4.31 Å². The molecule has 140 valence electrons. The van der Waals surface area contributed by atoms with Gasteiger partial charge >= 0.3 is 0 Å². The third-order valence-electron chi connectivity index (χ3n) is 4.22. The highest BCUT2D eigenvalue weighted by Crippen LogP contribution is 2.30. The standard InChI is InChI=1S/C17H20ClN3O3S2/c1-3-15-19-11(2)16(25-15)17(22)20-12-6-7-13(18)14(10-12)26(23,24)21-8-4-5-9-21/h6-7,10H,3-5,8-9H2,1-2H3,(H,20,22). The fourth-order valence-corrected chi connectivity index (χ4v) is 5.77. The van der Waals surface area contributed by atoms with E-state index in [1.165, 1.54) is 27.8 Å². The van der Waals surface area contributed by atoms with Crippen LogP contribution < -0.4 is 5.32 Å². The molecule has 0 unspecified atom stereocenters. The summed E-state index contributed by atoms with van der Waals surface area (Å²) in [6, 6.07) is 4.52. The van der Waals surface area contributed by atoms with Crippen molar-refractivity contribution in [2.45, 2.75) is 38.0 Å². The number of rotatable bonds is 5. The van der Waals surface area contributed by atoms with Crippen molar-refractivity contribution in [2.24, 2.45) is 0 Å². The summed E-state index contributed by atoms with van der Waals surface area (Å²) in [4.78, 5) is 17.4. The molecule has 26 heavy (non-hydrogen) atoms. The summed E-state index contributed by atoms with van der Waals surface area (Å²) in [5.74, 6) is -0.299. The zero-order valence-corrected chi connectivity index (χ0v) is 17.0. The number of sulfonamides is 1. The third kappa shape index (κ3) is 3.78. The highest BCUT2D eigenvalue weighted by molar-refractivity contribution is 7.89. The number of amides is 1. The fourth-order valence-electron chi connectivity index (χ4n) is 2.85. The number of hydrogen-bond donors (Lipinski definition) is 1. The molecule has 9 heteroatoms. The molecule has 3 rings (SSSR count). The van der Waals surface area contributed by atoms with E-state index in [-0.39, 0.29) is 15.8 Å². The molecule has 0 radical (unpaired) electrons. The number of nitrogens with one attached hydrogen (secondary N) is 1. The molecule has 2 aromatic rings. The van der Waals surface area contributed by atoms with E-state index in [1.807, 2.05) is 6.92 Å². The van der Waals surface area contributed by atoms with Crippen molar-refractivity contribution in [3.63, 3.8) is 0 Å². The molecule has 1 aromatic carbocycles. The molecule has 1 amide bonds. The van der Waals surface area contributed by atoms with Gasteiger partial charge in [-0.3, -0.25) is 4.79 Å². The van der Waals surface area contributed by atoms with Gasteiger partial charge in [0.15, 0.2) is 0 Å². The Morgan fingerprint density at radius 3 is 2.65 bits per heavy atom. The minimum absolute atomic E-state index is 0.0224. The topological polar surface area (TPSA) is 79.4 Å². The Kier molecular flexibility index (Phi) is 5.67. The number of carbonyl (C=O) groups excluding carboxylic acids is 1. The Labute approximate surface area is 162 Å². The molecule has 0 spiro atoms. The average molecular weight is 414 g/mol. The third-order valence-corrected chi connectivity index (χ3v) is 7.90. The van der Waals surface area contributed by atoms with Gasteiger partial charge in [-0.05, 0) is 44.4 Å². The molecule has 0 atom stereocenters. The molecule has 1 saturated heterocycles. The zero-order valence-electron chi connectivity index (χ0n) is 14.6. The molecule has 0 bridgehead atoms.